The van der Waals surface area contributed by atoms with Gasteiger partial charge in [0.25, 0.3) is 11.8 Å². The lowest BCUT2D eigenvalue weighted by Gasteiger charge is -2.19. The van der Waals surface area contributed by atoms with Crippen LogP contribution in [0.15, 0.2) is 48.6 Å². The van der Waals surface area contributed by atoms with Crippen LogP contribution < -0.4 is 16.4 Å². The number of nitrogens with two attached hydrogens (primary N) is 2. The molecule has 1 heterocycles. The van der Waals surface area contributed by atoms with Gasteiger partial charge in [0, 0.05) is 23.6 Å². The zero-order chi connectivity index (χ0) is 18.4. The van der Waals surface area contributed by atoms with Gasteiger partial charge in [-0.3, -0.25) is 19.3 Å². The van der Waals surface area contributed by atoms with Gasteiger partial charge in [0.2, 0.25) is 5.91 Å². The summed E-state index contributed by atoms with van der Waals surface area (Å²) in [4.78, 5) is 37.5. The Hall–Kier alpha value is -2.93. The minimum absolute atomic E-state index is 0.276. The van der Waals surface area contributed by atoms with E-state index in [0.29, 0.717) is 18.0 Å². The molecule has 0 radical (unpaired) electrons. The van der Waals surface area contributed by atoms with E-state index in [9.17, 15) is 14.4 Å². The van der Waals surface area contributed by atoms with Crippen LogP contribution in [0.5, 0.6) is 0 Å². The fraction of sp³-hybridized carbons (Fsp3) is 0.167. The maximum atomic E-state index is 12.4. The number of anilines is 1. The van der Waals surface area contributed by atoms with E-state index in [1.165, 1.54) is 16.2 Å². The van der Waals surface area contributed by atoms with Crippen LogP contribution >= 0.6 is 11.3 Å². The van der Waals surface area contributed by atoms with E-state index >= 15 is 0 Å². The molecule has 0 spiro atoms. The van der Waals surface area contributed by atoms with E-state index < -0.39 is 17.7 Å². The number of carbonyl (C=O) groups is 3. The topological polar surface area (TPSA) is 106 Å². The van der Waals surface area contributed by atoms with Gasteiger partial charge in [-0.1, -0.05) is 37.3 Å². The molecule has 3 amide bonds. The van der Waals surface area contributed by atoms with Crippen LogP contribution in [0.4, 0.5) is 5.00 Å². The summed E-state index contributed by atoms with van der Waals surface area (Å²) in [6.45, 7) is 2.30. The van der Waals surface area contributed by atoms with Crippen LogP contribution in [0.1, 0.15) is 23.7 Å². The minimum atomic E-state index is -0.712. The summed E-state index contributed by atoms with van der Waals surface area (Å²) in [5.41, 5.74) is 11.7. The summed E-state index contributed by atoms with van der Waals surface area (Å²) >= 11 is 1.31. The molecule has 0 atom stereocenters. The third-order valence-electron chi connectivity index (χ3n) is 3.38. The Morgan fingerprint density at radius 2 is 1.80 bits per heavy atom. The van der Waals surface area contributed by atoms with Gasteiger partial charge in [-0.25, -0.2) is 0 Å². The Morgan fingerprint density at radius 3 is 2.36 bits per heavy atom. The first kappa shape index (κ1) is 18.4. The molecule has 0 aliphatic rings. The highest BCUT2D eigenvalue weighted by Gasteiger charge is 2.23. The minimum Gasteiger partial charge on any atom is -0.366 e. The fourth-order valence-electron chi connectivity index (χ4n) is 2.28. The zero-order valence-electron chi connectivity index (χ0n) is 13.8. The Morgan fingerprint density at radius 1 is 1.12 bits per heavy atom. The molecule has 0 aliphatic heterocycles. The number of amides is 3. The van der Waals surface area contributed by atoms with Gasteiger partial charge in [-0.2, -0.15) is 0 Å². The van der Waals surface area contributed by atoms with E-state index in [4.69, 9.17) is 11.5 Å². The van der Waals surface area contributed by atoms with Crippen molar-refractivity contribution in [2.75, 3.05) is 11.4 Å². The van der Waals surface area contributed by atoms with E-state index in [1.807, 2.05) is 37.3 Å². The van der Waals surface area contributed by atoms with Crippen molar-refractivity contribution in [3.8, 4) is 10.4 Å². The van der Waals surface area contributed by atoms with Crippen molar-refractivity contribution in [2.24, 2.45) is 11.5 Å². The molecular weight excluding hydrogens is 338 g/mol. The first-order chi connectivity index (χ1) is 11.9. The number of hydrogen-bond donors (Lipinski definition) is 2. The molecule has 0 saturated heterocycles. The molecule has 0 unspecified atom stereocenters. The number of hydrogen-bond acceptors (Lipinski definition) is 4. The highest BCUT2D eigenvalue weighted by molar-refractivity contribution is 7.20. The van der Waals surface area contributed by atoms with Crippen molar-refractivity contribution in [1.82, 2.24) is 0 Å². The molecule has 0 fully saturated rings. The zero-order valence-corrected chi connectivity index (χ0v) is 14.6. The monoisotopic (exact) mass is 357 g/mol. The summed E-state index contributed by atoms with van der Waals surface area (Å²) in [5.74, 6) is -1.75. The first-order valence-electron chi connectivity index (χ1n) is 7.72. The molecule has 2 rings (SSSR count). The number of benzene rings is 1. The van der Waals surface area contributed by atoms with Crippen LogP contribution in [-0.4, -0.2) is 24.3 Å². The average molecular weight is 357 g/mol. The van der Waals surface area contributed by atoms with E-state index in [2.05, 4.69) is 0 Å². The Labute approximate surface area is 149 Å². The van der Waals surface area contributed by atoms with Crippen LogP contribution in [0.3, 0.4) is 0 Å². The molecule has 2 aromatic rings. The number of thiophene rings is 1. The second-order valence-corrected chi connectivity index (χ2v) is 6.32. The normalized spacial score (nSPS) is 10.8. The average Bonchev–Trinajstić information content (AvgIpc) is 3.03. The van der Waals surface area contributed by atoms with Gasteiger partial charge in [0.15, 0.2) is 0 Å². The Bertz CT molecular complexity index is 812. The SMILES string of the molecule is CCCN(C(=O)C=CC(N)=O)c1sc(-c2ccccc2)cc1C(N)=O. The fourth-order valence-corrected chi connectivity index (χ4v) is 3.48. The first-order valence-corrected chi connectivity index (χ1v) is 8.53. The summed E-state index contributed by atoms with van der Waals surface area (Å²) < 4.78 is 0. The molecule has 4 N–H and O–H groups in total. The highest BCUT2D eigenvalue weighted by Crippen LogP contribution is 2.38. The second-order valence-electron chi connectivity index (χ2n) is 5.29. The lowest BCUT2D eigenvalue weighted by molar-refractivity contribution is -0.116. The molecular formula is C18H19N3O3S. The lowest BCUT2D eigenvalue weighted by Crippen LogP contribution is -2.31. The van der Waals surface area contributed by atoms with Crippen LogP contribution in [0.25, 0.3) is 10.4 Å². The number of rotatable bonds is 7. The van der Waals surface area contributed by atoms with Crippen molar-refractivity contribution >= 4 is 34.1 Å². The Kier molecular flexibility index (Phi) is 6.08. The van der Waals surface area contributed by atoms with Crippen molar-refractivity contribution in [3.05, 3.63) is 54.1 Å². The molecule has 1 aromatic heterocycles. The van der Waals surface area contributed by atoms with Crippen molar-refractivity contribution in [1.29, 1.82) is 0 Å². The summed E-state index contributed by atoms with van der Waals surface area (Å²) in [5, 5.41) is 0.465. The van der Waals surface area contributed by atoms with Gasteiger partial charge < -0.3 is 11.5 Å². The molecule has 1 aromatic carbocycles. The van der Waals surface area contributed by atoms with Crippen LogP contribution in [0.2, 0.25) is 0 Å². The summed E-state index contributed by atoms with van der Waals surface area (Å²) in [6.07, 6.45) is 2.78. The third kappa shape index (κ3) is 4.54. The molecule has 7 heteroatoms. The number of nitrogens with zero attached hydrogens (tertiary/aromatic N) is 1. The quantitative estimate of drug-likeness (QED) is 0.742. The second kappa shape index (κ2) is 8.25. The standard InChI is InChI=1S/C18H19N3O3S/c1-2-10-21(16(23)9-8-15(19)22)18-13(17(20)24)11-14(25-18)12-6-4-3-5-7-12/h3-9,11H,2,10H2,1H3,(H2,19,22)(H2,20,24). The number of primary amides is 2. The van der Waals surface area contributed by atoms with Crippen molar-refractivity contribution < 1.29 is 14.4 Å². The van der Waals surface area contributed by atoms with Gasteiger partial charge in [-0.05, 0) is 18.1 Å². The molecule has 25 heavy (non-hydrogen) atoms. The van der Waals surface area contributed by atoms with Crippen molar-refractivity contribution in [2.45, 2.75) is 13.3 Å². The predicted octanol–water partition coefficient (Wildman–Crippen LogP) is 2.30. The van der Waals surface area contributed by atoms with E-state index in [-0.39, 0.29) is 5.56 Å². The van der Waals surface area contributed by atoms with Crippen LogP contribution in [-0.2, 0) is 9.59 Å². The molecule has 6 nitrogen and oxygen atoms in total. The molecule has 130 valence electrons. The highest BCUT2D eigenvalue weighted by atomic mass is 32.1. The van der Waals surface area contributed by atoms with Gasteiger partial charge >= 0.3 is 0 Å². The smallest absolute Gasteiger partial charge is 0.251 e. The molecule has 0 bridgehead atoms. The van der Waals surface area contributed by atoms with Crippen molar-refractivity contribution in [3.63, 3.8) is 0 Å². The van der Waals surface area contributed by atoms with Gasteiger partial charge in [0.1, 0.15) is 5.00 Å². The summed E-state index contributed by atoms with van der Waals surface area (Å²) in [7, 11) is 0. The third-order valence-corrected chi connectivity index (χ3v) is 4.59. The maximum Gasteiger partial charge on any atom is 0.251 e. The van der Waals surface area contributed by atoms with E-state index in [0.717, 1.165) is 22.6 Å². The molecule has 0 saturated carbocycles. The van der Waals surface area contributed by atoms with Crippen LogP contribution in [0, 0.1) is 0 Å². The summed E-state index contributed by atoms with van der Waals surface area (Å²) in [6, 6.07) is 11.2. The van der Waals surface area contributed by atoms with Gasteiger partial charge in [-0.15, -0.1) is 11.3 Å². The van der Waals surface area contributed by atoms with E-state index in [1.54, 1.807) is 6.07 Å². The Balaban J connectivity index is 2.49. The number of carbonyl (C=O) groups excluding carboxylic acids is 3. The predicted molar refractivity (Wildman–Crippen MR) is 99.3 cm³/mol. The maximum absolute atomic E-state index is 12.4. The largest absolute Gasteiger partial charge is 0.366 e. The lowest BCUT2D eigenvalue weighted by atomic mass is 10.1. The molecule has 0 aliphatic carbocycles. The van der Waals surface area contributed by atoms with Gasteiger partial charge in [0.05, 0.1) is 5.56 Å².